The number of benzene rings is 2. The van der Waals surface area contributed by atoms with Crippen molar-refractivity contribution >= 4 is 46.0 Å². The fourth-order valence-corrected chi connectivity index (χ4v) is 4.04. The van der Waals surface area contributed by atoms with Crippen molar-refractivity contribution in [2.24, 2.45) is 0 Å². The van der Waals surface area contributed by atoms with Gasteiger partial charge in [0.1, 0.15) is 5.76 Å². The molecule has 1 amide bonds. The Morgan fingerprint density at radius 2 is 1.93 bits per heavy atom. The van der Waals surface area contributed by atoms with E-state index in [1.807, 2.05) is 6.07 Å². The highest BCUT2D eigenvalue weighted by Gasteiger charge is 2.22. The standard InChI is InChI=1S/C21H17ClN4O3S/c1-12-11-18(25-29-12)24-19(27)13(2)30-21-23-16-9-5-3-7-14(16)20(28)26(21)17-10-6-4-8-15(17)22/h3-11,13H,1-2H3,(H,24,25,27). The van der Waals surface area contributed by atoms with Gasteiger partial charge in [0.2, 0.25) is 5.91 Å². The molecule has 0 radical (unpaired) electrons. The lowest BCUT2D eigenvalue weighted by atomic mass is 10.2. The Kier molecular flexibility index (Phi) is 5.61. The van der Waals surface area contributed by atoms with Gasteiger partial charge in [0.05, 0.1) is 26.9 Å². The number of amides is 1. The smallest absolute Gasteiger partial charge is 0.266 e. The summed E-state index contributed by atoms with van der Waals surface area (Å²) in [5.74, 6) is 0.635. The first-order valence-corrected chi connectivity index (χ1v) is 10.4. The lowest BCUT2D eigenvalue weighted by Gasteiger charge is -2.16. The second-order valence-electron chi connectivity index (χ2n) is 6.58. The molecule has 0 saturated heterocycles. The number of nitrogens with one attached hydrogen (secondary N) is 1. The Morgan fingerprint density at radius 3 is 2.67 bits per heavy atom. The first kappa shape index (κ1) is 20.2. The Morgan fingerprint density at radius 1 is 1.20 bits per heavy atom. The van der Waals surface area contributed by atoms with Crippen molar-refractivity contribution in [1.29, 1.82) is 0 Å². The fraction of sp³-hybridized carbons (Fsp3) is 0.143. The molecule has 0 saturated carbocycles. The molecule has 1 unspecified atom stereocenters. The zero-order valence-corrected chi connectivity index (χ0v) is 17.7. The minimum absolute atomic E-state index is 0.254. The highest BCUT2D eigenvalue weighted by Crippen LogP contribution is 2.28. The highest BCUT2D eigenvalue weighted by molar-refractivity contribution is 8.00. The lowest BCUT2D eigenvalue weighted by molar-refractivity contribution is -0.115. The molecule has 0 spiro atoms. The summed E-state index contributed by atoms with van der Waals surface area (Å²) in [4.78, 5) is 30.5. The molecule has 2 aromatic carbocycles. The first-order valence-electron chi connectivity index (χ1n) is 9.11. The molecule has 4 aromatic rings. The molecule has 1 N–H and O–H groups in total. The van der Waals surface area contributed by atoms with Crippen LogP contribution in [0, 0.1) is 6.92 Å². The molecule has 0 aliphatic rings. The molecule has 152 valence electrons. The normalized spacial score (nSPS) is 12.1. The quantitative estimate of drug-likeness (QED) is 0.364. The van der Waals surface area contributed by atoms with Crippen LogP contribution >= 0.6 is 23.4 Å². The zero-order chi connectivity index (χ0) is 21.3. The Labute approximate surface area is 181 Å². The van der Waals surface area contributed by atoms with Gasteiger partial charge in [-0.15, -0.1) is 0 Å². The van der Waals surface area contributed by atoms with E-state index in [-0.39, 0.29) is 11.5 Å². The number of carbonyl (C=O) groups is 1. The van der Waals surface area contributed by atoms with E-state index in [0.29, 0.717) is 38.3 Å². The number of para-hydroxylation sites is 2. The minimum atomic E-state index is -0.566. The number of halogens is 1. The van der Waals surface area contributed by atoms with Crippen molar-refractivity contribution in [1.82, 2.24) is 14.7 Å². The van der Waals surface area contributed by atoms with Crippen LogP contribution in [0.3, 0.4) is 0 Å². The van der Waals surface area contributed by atoms with Crippen LogP contribution in [0.2, 0.25) is 5.02 Å². The van der Waals surface area contributed by atoms with E-state index in [2.05, 4.69) is 15.5 Å². The number of anilines is 1. The van der Waals surface area contributed by atoms with Gasteiger partial charge in [0, 0.05) is 6.07 Å². The monoisotopic (exact) mass is 440 g/mol. The van der Waals surface area contributed by atoms with Gasteiger partial charge in [-0.1, -0.05) is 52.8 Å². The maximum absolute atomic E-state index is 13.3. The van der Waals surface area contributed by atoms with Crippen LogP contribution in [0.1, 0.15) is 12.7 Å². The third-order valence-electron chi connectivity index (χ3n) is 4.37. The molecule has 0 bridgehead atoms. The number of hydrogen-bond donors (Lipinski definition) is 1. The summed E-state index contributed by atoms with van der Waals surface area (Å²) < 4.78 is 6.42. The third-order valence-corrected chi connectivity index (χ3v) is 5.74. The van der Waals surface area contributed by atoms with Crippen molar-refractivity contribution in [3.8, 4) is 5.69 Å². The van der Waals surface area contributed by atoms with E-state index in [9.17, 15) is 9.59 Å². The average Bonchev–Trinajstić information content (AvgIpc) is 3.14. The Hall–Kier alpha value is -3.10. The number of carbonyl (C=O) groups excluding carboxylic acids is 1. The van der Waals surface area contributed by atoms with Crippen molar-refractivity contribution < 1.29 is 9.32 Å². The minimum Gasteiger partial charge on any atom is -0.360 e. The number of thioether (sulfide) groups is 1. The van der Waals surface area contributed by atoms with Crippen LogP contribution in [0.4, 0.5) is 5.82 Å². The summed E-state index contributed by atoms with van der Waals surface area (Å²) in [6.07, 6.45) is 0. The van der Waals surface area contributed by atoms with Crippen LogP contribution in [0.15, 0.2) is 69.1 Å². The van der Waals surface area contributed by atoms with Crippen molar-refractivity contribution in [2.45, 2.75) is 24.3 Å². The Balaban J connectivity index is 1.75. The van der Waals surface area contributed by atoms with Gasteiger partial charge in [-0.05, 0) is 38.1 Å². The summed E-state index contributed by atoms with van der Waals surface area (Å²) in [5.41, 5.74) is 0.800. The van der Waals surface area contributed by atoms with E-state index in [0.717, 1.165) is 11.8 Å². The number of hydrogen-bond acceptors (Lipinski definition) is 6. The maximum Gasteiger partial charge on any atom is 0.266 e. The summed E-state index contributed by atoms with van der Waals surface area (Å²) in [6, 6.07) is 15.7. The van der Waals surface area contributed by atoms with Gasteiger partial charge in [-0.3, -0.25) is 14.2 Å². The predicted molar refractivity (Wildman–Crippen MR) is 118 cm³/mol. The molecule has 0 aliphatic carbocycles. The van der Waals surface area contributed by atoms with Crippen LogP contribution < -0.4 is 10.9 Å². The summed E-state index contributed by atoms with van der Waals surface area (Å²) in [6.45, 7) is 3.47. The molecule has 0 aliphatic heterocycles. The highest BCUT2D eigenvalue weighted by atomic mass is 35.5. The van der Waals surface area contributed by atoms with E-state index in [1.54, 1.807) is 62.4 Å². The summed E-state index contributed by atoms with van der Waals surface area (Å²) >= 11 is 7.53. The molecular formula is C21H17ClN4O3S. The number of nitrogens with zero attached hydrogens (tertiary/aromatic N) is 3. The molecule has 1 atom stereocenters. The van der Waals surface area contributed by atoms with Crippen LogP contribution in [0.25, 0.3) is 16.6 Å². The number of aryl methyl sites for hydroxylation is 1. The van der Waals surface area contributed by atoms with Gasteiger partial charge in [0.25, 0.3) is 5.56 Å². The van der Waals surface area contributed by atoms with Crippen LogP contribution in [0.5, 0.6) is 0 Å². The zero-order valence-electron chi connectivity index (χ0n) is 16.1. The van der Waals surface area contributed by atoms with E-state index in [4.69, 9.17) is 16.1 Å². The summed E-state index contributed by atoms with van der Waals surface area (Å²) in [7, 11) is 0. The first-order chi connectivity index (χ1) is 14.4. The number of fused-ring (bicyclic) bond motifs is 1. The molecule has 2 aromatic heterocycles. The predicted octanol–water partition coefficient (Wildman–Crippen LogP) is 4.45. The van der Waals surface area contributed by atoms with Crippen molar-refractivity contribution in [2.75, 3.05) is 5.32 Å². The topological polar surface area (TPSA) is 90.0 Å². The molecular weight excluding hydrogens is 424 g/mol. The van der Waals surface area contributed by atoms with Gasteiger partial charge < -0.3 is 9.84 Å². The molecule has 4 rings (SSSR count). The second-order valence-corrected chi connectivity index (χ2v) is 8.29. The molecule has 2 heterocycles. The molecule has 0 fully saturated rings. The van der Waals surface area contributed by atoms with Crippen LogP contribution in [-0.2, 0) is 4.79 Å². The van der Waals surface area contributed by atoms with E-state index >= 15 is 0 Å². The average molecular weight is 441 g/mol. The molecule has 7 nitrogen and oxygen atoms in total. The summed E-state index contributed by atoms with van der Waals surface area (Å²) in [5, 5.41) is 7.15. The van der Waals surface area contributed by atoms with Crippen molar-refractivity contribution in [3.63, 3.8) is 0 Å². The van der Waals surface area contributed by atoms with Crippen LogP contribution in [-0.4, -0.2) is 25.9 Å². The van der Waals surface area contributed by atoms with Gasteiger partial charge in [-0.2, -0.15) is 0 Å². The molecule has 9 heteroatoms. The Bertz CT molecular complexity index is 1300. The fourth-order valence-electron chi connectivity index (χ4n) is 2.90. The van der Waals surface area contributed by atoms with Crippen molar-refractivity contribution in [3.05, 3.63) is 75.7 Å². The number of aromatic nitrogens is 3. The lowest BCUT2D eigenvalue weighted by Crippen LogP contribution is -2.26. The number of rotatable bonds is 5. The maximum atomic E-state index is 13.3. The second kappa shape index (κ2) is 8.33. The molecule has 30 heavy (non-hydrogen) atoms. The van der Waals surface area contributed by atoms with Gasteiger partial charge in [-0.25, -0.2) is 4.98 Å². The SMILES string of the molecule is Cc1cc(NC(=O)C(C)Sc2nc3ccccc3c(=O)n2-c2ccccc2Cl)no1. The van der Waals surface area contributed by atoms with Gasteiger partial charge >= 0.3 is 0 Å². The van der Waals surface area contributed by atoms with E-state index < -0.39 is 5.25 Å². The third kappa shape index (κ3) is 3.96. The van der Waals surface area contributed by atoms with E-state index in [1.165, 1.54) is 4.57 Å². The van der Waals surface area contributed by atoms with Gasteiger partial charge in [0.15, 0.2) is 11.0 Å². The largest absolute Gasteiger partial charge is 0.360 e.